The highest BCUT2D eigenvalue weighted by atomic mass is 16.2. The van der Waals surface area contributed by atoms with E-state index in [-0.39, 0.29) is 17.2 Å². The van der Waals surface area contributed by atoms with Crippen LogP contribution in [0.15, 0.2) is 73.1 Å². The first kappa shape index (κ1) is 20.3. The Hall–Kier alpha value is -3.34. The molecule has 2 fully saturated rings. The van der Waals surface area contributed by atoms with Crippen molar-refractivity contribution in [1.82, 2.24) is 14.4 Å². The molecule has 3 aromatic rings. The van der Waals surface area contributed by atoms with E-state index < -0.39 is 0 Å². The standard InChI is InChI=1S/C28H29N3O2/c32-26(23-9-3-4-10-25(23)29-14-5-6-15-29)30-16-11-28(12-17-30)13-18-31(20-28)27(33)24-19-21-7-1-2-8-22(21)24/h1-10,14-15,24H,11-13,16-20H2. The summed E-state index contributed by atoms with van der Waals surface area (Å²) in [6.45, 7) is 3.20. The predicted molar refractivity (Wildman–Crippen MR) is 127 cm³/mol. The second kappa shape index (κ2) is 7.91. The topological polar surface area (TPSA) is 45.6 Å². The van der Waals surface area contributed by atoms with Crippen LogP contribution in [-0.2, 0) is 11.2 Å². The lowest BCUT2D eigenvalue weighted by Gasteiger charge is -2.40. The fraction of sp³-hybridized carbons (Fsp3) is 0.357. The van der Waals surface area contributed by atoms with Crippen LogP contribution >= 0.6 is 0 Å². The number of amides is 2. The summed E-state index contributed by atoms with van der Waals surface area (Å²) in [5.74, 6) is 0.444. The largest absolute Gasteiger partial charge is 0.342 e. The van der Waals surface area contributed by atoms with Gasteiger partial charge in [-0.3, -0.25) is 9.59 Å². The molecule has 2 aliphatic heterocycles. The fourth-order valence-electron chi connectivity index (χ4n) is 5.96. The molecule has 5 nitrogen and oxygen atoms in total. The number of para-hydroxylation sites is 1. The van der Waals surface area contributed by atoms with Crippen molar-refractivity contribution in [2.75, 3.05) is 26.2 Å². The highest BCUT2D eigenvalue weighted by molar-refractivity contribution is 5.98. The minimum Gasteiger partial charge on any atom is -0.342 e. The highest BCUT2D eigenvalue weighted by Crippen LogP contribution is 2.43. The zero-order valence-corrected chi connectivity index (χ0v) is 18.8. The first-order valence-electron chi connectivity index (χ1n) is 12.0. The average molecular weight is 440 g/mol. The minimum absolute atomic E-state index is 0.0446. The van der Waals surface area contributed by atoms with Crippen LogP contribution in [0.5, 0.6) is 0 Å². The Kier molecular flexibility index (Phi) is 4.86. The maximum absolute atomic E-state index is 13.4. The van der Waals surface area contributed by atoms with Crippen molar-refractivity contribution < 1.29 is 9.59 Å². The van der Waals surface area contributed by atoms with Gasteiger partial charge in [0.25, 0.3) is 5.91 Å². The molecule has 0 saturated carbocycles. The Bertz CT molecular complexity index is 1190. The van der Waals surface area contributed by atoms with E-state index in [1.807, 2.05) is 64.3 Å². The van der Waals surface area contributed by atoms with Crippen molar-refractivity contribution in [1.29, 1.82) is 0 Å². The van der Waals surface area contributed by atoms with Gasteiger partial charge in [0.2, 0.25) is 5.91 Å². The van der Waals surface area contributed by atoms with Gasteiger partial charge in [-0.2, -0.15) is 0 Å². The molecule has 5 heteroatoms. The van der Waals surface area contributed by atoms with Gasteiger partial charge in [-0.25, -0.2) is 0 Å². The van der Waals surface area contributed by atoms with Crippen LogP contribution in [0.4, 0.5) is 0 Å². The Morgan fingerprint density at radius 1 is 0.788 bits per heavy atom. The molecule has 0 bridgehead atoms. The third kappa shape index (κ3) is 3.47. The summed E-state index contributed by atoms with van der Waals surface area (Å²) in [5, 5.41) is 0. The molecule has 3 aliphatic rings. The predicted octanol–water partition coefficient (Wildman–Crippen LogP) is 4.27. The molecular weight excluding hydrogens is 410 g/mol. The fourth-order valence-corrected chi connectivity index (χ4v) is 5.96. The Morgan fingerprint density at radius 2 is 1.45 bits per heavy atom. The molecule has 3 heterocycles. The SMILES string of the molecule is O=C(c1ccccc1-n1cccc1)N1CCC2(CC1)CCN(C(=O)C1Cc3ccccc31)C2. The average Bonchev–Trinajstić information content (AvgIpc) is 3.51. The van der Waals surface area contributed by atoms with E-state index >= 15 is 0 Å². The normalized spacial score (nSPS) is 21.0. The van der Waals surface area contributed by atoms with Crippen LogP contribution in [0.1, 0.15) is 46.7 Å². The number of likely N-dealkylation sites (tertiary alicyclic amines) is 2. The van der Waals surface area contributed by atoms with E-state index in [9.17, 15) is 9.59 Å². The second-order valence-corrected chi connectivity index (χ2v) is 9.86. The molecule has 2 saturated heterocycles. The van der Waals surface area contributed by atoms with Gasteiger partial charge >= 0.3 is 0 Å². The number of hydrogen-bond donors (Lipinski definition) is 0. The number of fused-ring (bicyclic) bond motifs is 1. The zero-order chi connectivity index (χ0) is 22.4. The van der Waals surface area contributed by atoms with E-state index in [1.54, 1.807) is 0 Å². The van der Waals surface area contributed by atoms with Crippen molar-refractivity contribution in [2.24, 2.45) is 5.41 Å². The lowest BCUT2D eigenvalue weighted by molar-refractivity contribution is -0.132. The van der Waals surface area contributed by atoms with Gasteiger partial charge in [-0.05, 0) is 66.5 Å². The van der Waals surface area contributed by atoms with Crippen LogP contribution in [0.3, 0.4) is 0 Å². The molecule has 2 amide bonds. The van der Waals surface area contributed by atoms with E-state index in [0.717, 1.165) is 63.1 Å². The van der Waals surface area contributed by atoms with Gasteiger partial charge in [-0.1, -0.05) is 36.4 Å². The number of carbonyl (C=O) groups excluding carboxylic acids is 2. The number of rotatable bonds is 3. The summed E-state index contributed by atoms with van der Waals surface area (Å²) in [5.41, 5.74) is 4.36. The van der Waals surface area contributed by atoms with Crippen molar-refractivity contribution in [3.05, 3.63) is 89.7 Å². The molecule has 33 heavy (non-hydrogen) atoms. The van der Waals surface area contributed by atoms with Crippen LogP contribution < -0.4 is 0 Å². The summed E-state index contributed by atoms with van der Waals surface area (Å²) in [6.07, 6.45) is 7.81. The Labute approximate surface area is 194 Å². The smallest absolute Gasteiger partial charge is 0.255 e. The Morgan fingerprint density at radius 3 is 2.21 bits per heavy atom. The molecule has 1 aliphatic carbocycles. The van der Waals surface area contributed by atoms with Crippen LogP contribution in [0, 0.1) is 5.41 Å². The van der Waals surface area contributed by atoms with Crippen molar-refractivity contribution in [2.45, 2.75) is 31.6 Å². The molecule has 0 N–H and O–H groups in total. The van der Waals surface area contributed by atoms with Gasteiger partial charge < -0.3 is 14.4 Å². The minimum atomic E-state index is 0.0446. The lowest BCUT2D eigenvalue weighted by atomic mass is 9.76. The van der Waals surface area contributed by atoms with Crippen LogP contribution in [0.2, 0.25) is 0 Å². The maximum atomic E-state index is 13.4. The molecule has 0 radical (unpaired) electrons. The summed E-state index contributed by atoms with van der Waals surface area (Å²) < 4.78 is 2.00. The molecule has 1 spiro atoms. The van der Waals surface area contributed by atoms with E-state index in [4.69, 9.17) is 0 Å². The molecular formula is C28H29N3O2. The number of carbonyl (C=O) groups is 2. The van der Waals surface area contributed by atoms with Gasteiger partial charge in [0.15, 0.2) is 0 Å². The van der Waals surface area contributed by atoms with Crippen molar-refractivity contribution in [3.8, 4) is 5.69 Å². The number of nitrogens with zero attached hydrogens (tertiary/aromatic N) is 3. The molecule has 1 atom stereocenters. The quantitative estimate of drug-likeness (QED) is 0.612. The van der Waals surface area contributed by atoms with Crippen LogP contribution in [-0.4, -0.2) is 52.4 Å². The molecule has 168 valence electrons. The van der Waals surface area contributed by atoms with Crippen molar-refractivity contribution in [3.63, 3.8) is 0 Å². The summed E-state index contributed by atoms with van der Waals surface area (Å²) >= 11 is 0. The number of hydrogen-bond acceptors (Lipinski definition) is 2. The molecule has 1 unspecified atom stereocenters. The maximum Gasteiger partial charge on any atom is 0.255 e. The van der Waals surface area contributed by atoms with Gasteiger partial charge in [0.1, 0.15) is 0 Å². The van der Waals surface area contributed by atoms with E-state index in [2.05, 4.69) is 23.1 Å². The van der Waals surface area contributed by atoms with E-state index in [1.165, 1.54) is 11.1 Å². The summed E-state index contributed by atoms with van der Waals surface area (Å²) in [7, 11) is 0. The third-order valence-corrected chi connectivity index (χ3v) is 8.03. The van der Waals surface area contributed by atoms with Gasteiger partial charge in [0, 0.05) is 38.6 Å². The number of benzene rings is 2. The second-order valence-electron chi connectivity index (χ2n) is 9.86. The Balaban J connectivity index is 1.11. The lowest BCUT2D eigenvalue weighted by Crippen LogP contribution is -2.45. The van der Waals surface area contributed by atoms with Crippen molar-refractivity contribution >= 4 is 11.8 Å². The van der Waals surface area contributed by atoms with E-state index in [0.29, 0.717) is 5.91 Å². The number of aromatic nitrogens is 1. The molecule has 6 rings (SSSR count). The first-order valence-corrected chi connectivity index (χ1v) is 12.0. The molecule has 2 aromatic carbocycles. The monoisotopic (exact) mass is 439 g/mol. The zero-order valence-electron chi connectivity index (χ0n) is 18.8. The highest BCUT2D eigenvalue weighted by Gasteiger charge is 2.45. The molecule has 1 aromatic heterocycles. The summed E-state index contributed by atoms with van der Waals surface area (Å²) in [6, 6.07) is 20.1. The number of piperidine rings is 1. The first-order chi connectivity index (χ1) is 16.1. The van der Waals surface area contributed by atoms with Gasteiger partial charge in [0.05, 0.1) is 17.2 Å². The summed E-state index contributed by atoms with van der Waals surface area (Å²) in [4.78, 5) is 30.7. The third-order valence-electron chi connectivity index (χ3n) is 8.03. The van der Waals surface area contributed by atoms with Crippen LogP contribution in [0.25, 0.3) is 5.69 Å². The van der Waals surface area contributed by atoms with Gasteiger partial charge in [-0.15, -0.1) is 0 Å².